The van der Waals surface area contributed by atoms with Crippen LogP contribution in [0.3, 0.4) is 0 Å². The van der Waals surface area contributed by atoms with E-state index in [1.807, 2.05) is 12.3 Å². The summed E-state index contributed by atoms with van der Waals surface area (Å²) < 4.78 is 6.63. The van der Waals surface area contributed by atoms with Gasteiger partial charge in [0.15, 0.2) is 11.6 Å². The number of ether oxygens (including phenoxy) is 1. The molecule has 0 bridgehead atoms. The molecule has 0 atom stereocenters. The van der Waals surface area contributed by atoms with Crippen molar-refractivity contribution in [3.05, 3.63) is 36.3 Å². The second kappa shape index (κ2) is 8.87. The lowest BCUT2D eigenvalue weighted by atomic mass is 10.1. The molecule has 10 heteroatoms. The molecule has 1 aliphatic rings. The normalized spacial score (nSPS) is 14.2. The summed E-state index contributed by atoms with van der Waals surface area (Å²) in [6.07, 6.45) is 5.25. The number of aryl methyl sites for hydroxylation is 1. The Kier molecular flexibility index (Phi) is 5.77. The number of rotatable bonds is 5. The molecule has 5 rings (SSSR count). The molecule has 0 saturated carbocycles. The van der Waals surface area contributed by atoms with Gasteiger partial charge >= 0.3 is 0 Å². The molecule has 1 saturated heterocycles. The van der Waals surface area contributed by atoms with Crippen molar-refractivity contribution in [3.8, 4) is 21.8 Å². The predicted octanol–water partition coefficient (Wildman–Crippen LogP) is 3.76. The number of pyridine rings is 1. The van der Waals surface area contributed by atoms with E-state index < -0.39 is 0 Å². The van der Waals surface area contributed by atoms with E-state index >= 15 is 0 Å². The summed E-state index contributed by atoms with van der Waals surface area (Å²) >= 11 is 1.70. The van der Waals surface area contributed by atoms with Gasteiger partial charge in [-0.2, -0.15) is 0 Å². The first-order chi connectivity index (χ1) is 16.0. The first-order valence-corrected chi connectivity index (χ1v) is 11.8. The highest BCUT2D eigenvalue weighted by Gasteiger charge is 2.23. The fourth-order valence-corrected chi connectivity index (χ4v) is 5.08. The Balaban J connectivity index is 1.64. The number of nitrogens with zero attached hydrogens (tertiary/aromatic N) is 6. The number of anilines is 3. The van der Waals surface area contributed by atoms with Gasteiger partial charge in [-0.3, -0.25) is 0 Å². The number of hydrogen-bond acceptors (Lipinski definition) is 10. The fourth-order valence-electron chi connectivity index (χ4n) is 3.83. The Morgan fingerprint density at radius 2 is 1.76 bits per heavy atom. The van der Waals surface area contributed by atoms with Crippen LogP contribution in [0, 0.1) is 6.92 Å². The molecule has 0 amide bonds. The van der Waals surface area contributed by atoms with Crippen molar-refractivity contribution in [1.29, 1.82) is 0 Å². The molecular weight excluding hydrogens is 436 g/mol. The topological polar surface area (TPSA) is 115 Å². The predicted molar refractivity (Wildman–Crippen MR) is 133 cm³/mol. The van der Waals surface area contributed by atoms with Crippen LogP contribution in [0.5, 0.6) is 0 Å². The zero-order valence-electron chi connectivity index (χ0n) is 18.9. The van der Waals surface area contributed by atoms with Gasteiger partial charge in [0, 0.05) is 48.2 Å². The van der Waals surface area contributed by atoms with E-state index in [2.05, 4.69) is 52.0 Å². The second-order valence-electron chi connectivity index (χ2n) is 8.27. The third-order valence-corrected chi connectivity index (χ3v) is 6.78. The zero-order valence-corrected chi connectivity index (χ0v) is 19.7. The molecule has 170 valence electrons. The van der Waals surface area contributed by atoms with E-state index in [9.17, 15) is 0 Å². The molecule has 0 aromatic carbocycles. The lowest BCUT2D eigenvalue weighted by molar-refractivity contribution is 0.122. The second-order valence-corrected chi connectivity index (χ2v) is 9.29. The van der Waals surface area contributed by atoms with Crippen molar-refractivity contribution in [2.24, 2.45) is 0 Å². The molecule has 0 aliphatic carbocycles. The summed E-state index contributed by atoms with van der Waals surface area (Å²) in [5, 5.41) is 3.34. The average molecular weight is 463 g/mol. The van der Waals surface area contributed by atoms with Crippen molar-refractivity contribution < 1.29 is 4.74 Å². The fraction of sp³-hybridized carbons (Fsp3) is 0.348. The van der Waals surface area contributed by atoms with Crippen LogP contribution in [0.2, 0.25) is 0 Å². The van der Waals surface area contributed by atoms with Crippen LogP contribution in [0.4, 0.5) is 17.6 Å². The molecule has 1 fully saturated rings. The molecule has 0 spiro atoms. The van der Waals surface area contributed by atoms with Crippen LogP contribution >= 0.6 is 11.3 Å². The van der Waals surface area contributed by atoms with Crippen LogP contribution in [-0.2, 0) is 4.74 Å². The molecule has 3 N–H and O–H groups in total. The summed E-state index contributed by atoms with van der Waals surface area (Å²) in [6, 6.07) is 4.45. The molecule has 4 aromatic heterocycles. The number of fused-ring (bicyclic) bond motifs is 1. The molecule has 33 heavy (non-hydrogen) atoms. The van der Waals surface area contributed by atoms with E-state index in [-0.39, 0.29) is 5.95 Å². The van der Waals surface area contributed by atoms with Gasteiger partial charge < -0.3 is 20.7 Å². The highest BCUT2D eigenvalue weighted by atomic mass is 32.1. The van der Waals surface area contributed by atoms with E-state index in [0.717, 1.165) is 56.5 Å². The highest BCUT2D eigenvalue weighted by Crippen LogP contribution is 2.42. The van der Waals surface area contributed by atoms with Crippen molar-refractivity contribution in [2.45, 2.75) is 26.8 Å². The number of hydrogen-bond donors (Lipinski definition) is 2. The Morgan fingerprint density at radius 3 is 2.42 bits per heavy atom. The van der Waals surface area contributed by atoms with Gasteiger partial charge in [-0.25, -0.2) is 24.9 Å². The van der Waals surface area contributed by atoms with Crippen molar-refractivity contribution in [3.63, 3.8) is 0 Å². The van der Waals surface area contributed by atoms with E-state index in [1.165, 1.54) is 0 Å². The number of morpholine rings is 1. The van der Waals surface area contributed by atoms with Crippen LogP contribution in [-0.4, -0.2) is 57.3 Å². The third-order valence-electron chi connectivity index (χ3n) is 5.45. The van der Waals surface area contributed by atoms with Gasteiger partial charge in [0.2, 0.25) is 5.95 Å². The maximum absolute atomic E-state index is 5.68. The van der Waals surface area contributed by atoms with Gasteiger partial charge in [0.25, 0.3) is 0 Å². The third kappa shape index (κ3) is 4.31. The van der Waals surface area contributed by atoms with Gasteiger partial charge in [-0.05, 0) is 38.5 Å². The monoisotopic (exact) mass is 462 g/mol. The lowest BCUT2D eigenvalue weighted by Gasteiger charge is -2.28. The number of nitrogens with two attached hydrogens (primary N) is 1. The molecular formula is C23H26N8OS. The number of thiophene rings is 1. The molecule has 4 aromatic rings. The zero-order chi connectivity index (χ0) is 22.9. The van der Waals surface area contributed by atoms with Gasteiger partial charge in [-0.15, -0.1) is 11.3 Å². The van der Waals surface area contributed by atoms with Crippen LogP contribution in [0.25, 0.3) is 32.0 Å². The SMILES string of the molecule is Cc1c(-c2ccc(NC(C)C)nc2)sc2c(N3CCOCC3)nc(-c3cnc(N)nc3)nc12. The van der Waals surface area contributed by atoms with E-state index in [1.54, 1.807) is 23.7 Å². The number of nitrogens with one attached hydrogen (secondary N) is 1. The molecule has 5 heterocycles. The van der Waals surface area contributed by atoms with E-state index in [4.69, 9.17) is 20.4 Å². The maximum Gasteiger partial charge on any atom is 0.219 e. The molecule has 9 nitrogen and oxygen atoms in total. The Hall–Kier alpha value is -3.37. The first kappa shape index (κ1) is 21.5. The number of nitrogen functional groups attached to an aromatic ring is 1. The lowest BCUT2D eigenvalue weighted by Crippen LogP contribution is -2.36. The minimum atomic E-state index is 0.227. The van der Waals surface area contributed by atoms with Gasteiger partial charge in [0.05, 0.1) is 29.0 Å². The van der Waals surface area contributed by atoms with Crippen LogP contribution in [0.15, 0.2) is 30.7 Å². The van der Waals surface area contributed by atoms with E-state index in [0.29, 0.717) is 25.1 Å². The van der Waals surface area contributed by atoms with Gasteiger partial charge in [-0.1, -0.05) is 0 Å². The molecule has 0 radical (unpaired) electrons. The number of aromatic nitrogens is 5. The molecule has 1 aliphatic heterocycles. The Morgan fingerprint density at radius 1 is 1.03 bits per heavy atom. The average Bonchev–Trinajstić information content (AvgIpc) is 3.16. The van der Waals surface area contributed by atoms with Crippen molar-refractivity contribution in [1.82, 2.24) is 24.9 Å². The summed E-state index contributed by atoms with van der Waals surface area (Å²) in [4.78, 5) is 26.1. The van der Waals surface area contributed by atoms with Crippen LogP contribution < -0.4 is 16.0 Å². The minimum Gasteiger partial charge on any atom is -0.378 e. The standard InChI is InChI=1S/C23H26N8OS/c1-13(2)28-17-5-4-15(10-25-17)19-14(3)18-20(33-19)22(31-6-8-32-9-7-31)30-21(29-18)16-11-26-23(24)27-12-16/h4-5,10-13H,6-9H2,1-3H3,(H,25,28)(H2,24,26,27). The summed E-state index contributed by atoms with van der Waals surface area (Å²) in [6.45, 7) is 9.23. The van der Waals surface area contributed by atoms with Crippen molar-refractivity contribution in [2.75, 3.05) is 42.3 Å². The van der Waals surface area contributed by atoms with Gasteiger partial charge in [0.1, 0.15) is 5.82 Å². The summed E-state index contributed by atoms with van der Waals surface area (Å²) in [5.41, 5.74) is 9.52. The summed E-state index contributed by atoms with van der Waals surface area (Å²) in [7, 11) is 0. The maximum atomic E-state index is 5.68. The smallest absolute Gasteiger partial charge is 0.219 e. The highest BCUT2D eigenvalue weighted by molar-refractivity contribution is 7.23. The summed E-state index contributed by atoms with van der Waals surface area (Å²) in [5.74, 6) is 2.60. The first-order valence-electron chi connectivity index (χ1n) is 10.9. The molecule has 0 unspecified atom stereocenters. The van der Waals surface area contributed by atoms with Crippen molar-refractivity contribution >= 4 is 39.1 Å². The van der Waals surface area contributed by atoms with Crippen LogP contribution in [0.1, 0.15) is 19.4 Å². The quantitative estimate of drug-likeness (QED) is 0.457. The Bertz CT molecular complexity index is 1260. The minimum absolute atomic E-state index is 0.227. The largest absolute Gasteiger partial charge is 0.378 e. The Labute approximate surface area is 196 Å².